The topological polar surface area (TPSA) is 15.6 Å². The van der Waals surface area contributed by atoms with Crippen LogP contribution in [0.5, 0.6) is 0 Å². The maximum atomic E-state index is 4.56. The quantitative estimate of drug-likeness (QED) is 0.661. The average molecular weight is 188 g/mol. The minimum absolute atomic E-state index is 0.204. The highest BCUT2D eigenvalue weighted by Crippen LogP contribution is 2.29. The largest absolute Gasteiger partial charge is 0.265 e. The van der Waals surface area contributed by atoms with Gasteiger partial charge in [-0.25, -0.2) is 0 Å². The third-order valence-corrected chi connectivity index (χ3v) is 2.85. The molecule has 1 aromatic rings. The first-order valence-corrected chi connectivity index (χ1v) is 4.98. The van der Waals surface area contributed by atoms with Crippen molar-refractivity contribution in [2.24, 2.45) is 10.5 Å². The highest BCUT2D eigenvalue weighted by molar-refractivity contribution is 5.90. The van der Waals surface area contributed by atoms with Gasteiger partial charge in [-0.05, 0) is 19.1 Å². The molecule has 0 aromatic heterocycles. The first-order chi connectivity index (χ1) is 6.59. The lowest BCUT2D eigenvalue weighted by Gasteiger charge is -2.20. The first kappa shape index (κ1) is 9.25. The molecule has 0 spiro atoms. The van der Waals surface area contributed by atoms with Crippen molar-refractivity contribution in [1.29, 1.82) is 0 Å². The summed E-state index contributed by atoms with van der Waals surface area (Å²) in [6.07, 6.45) is 0. The molecule has 1 heterocycles. The fourth-order valence-corrected chi connectivity index (χ4v) is 1.59. The maximum absolute atomic E-state index is 4.56. The summed E-state index contributed by atoms with van der Waals surface area (Å²) in [6, 6.07) is 10.3. The Balaban J connectivity index is 2.26. The minimum atomic E-state index is 0.204. The van der Waals surface area contributed by atoms with E-state index < -0.39 is 0 Å². The molecule has 2 heteroatoms. The molecular formula is C12H16N2. The van der Waals surface area contributed by atoms with Gasteiger partial charge in [-0.1, -0.05) is 32.0 Å². The summed E-state index contributed by atoms with van der Waals surface area (Å²) in [5.41, 5.74) is 2.59. The van der Waals surface area contributed by atoms with Crippen molar-refractivity contribution in [3.63, 3.8) is 0 Å². The van der Waals surface area contributed by atoms with Gasteiger partial charge >= 0.3 is 0 Å². The number of benzene rings is 1. The molecular weight excluding hydrogens is 172 g/mol. The second kappa shape index (κ2) is 3.12. The van der Waals surface area contributed by atoms with E-state index in [1.807, 2.05) is 18.2 Å². The van der Waals surface area contributed by atoms with Gasteiger partial charge < -0.3 is 0 Å². The van der Waals surface area contributed by atoms with Crippen LogP contribution in [0, 0.1) is 5.41 Å². The number of nitrogens with zero attached hydrogens (tertiary/aromatic N) is 2. The maximum Gasteiger partial charge on any atom is 0.0594 e. The van der Waals surface area contributed by atoms with E-state index in [-0.39, 0.29) is 5.41 Å². The minimum Gasteiger partial charge on any atom is -0.265 e. The standard InChI is InChI=1S/C12H16N2/c1-10-12(2,3)9-14(13-10)11-7-5-4-6-8-11/h4-8H,9H2,1-3H3. The Morgan fingerprint density at radius 1 is 1.21 bits per heavy atom. The Morgan fingerprint density at radius 2 is 1.86 bits per heavy atom. The van der Waals surface area contributed by atoms with E-state index in [9.17, 15) is 0 Å². The molecule has 1 aromatic carbocycles. The SMILES string of the molecule is CC1=NN(c2ccccc2)CC1(C)C. The number of anilines is 1. The van der Waals surface area contributed by atoms with Gasteiger partial charge in [-0.3, -0.25) is 5.01 Å². The number of hydrogen-bond acceptors (Lipinski definition) is 2. The van der Waals surface area contributed by atoms with Crippen LogP contribution in [-0.4, -0.2) is 12.3 Å². The lowest BCUT2D eigenvalue weighted by Crippen LogP contribution is -2.26. The summed E-state index contributed by atoms with van der Waals surface area (Å²) < 4.78 is 0. The van der Waals surface area contributed by atoms with Crippen LogP contribution in [0.3, 0.4) is 0 Å². The van der Waals surface area contributed by atoms with Crippen molar-refractivity contribution in [3.8, 4) is 0 Å². The van der Waals surface area contributed by atoms with Crippen LogP contribution in [0.2, 0.25) is 0 Å². The summed E-state index contributed by atoms with van der Waals surface area (Å²) in [4.78, 5) is 0. The summed E-state index contributed by atoms with van der Waals surface area (Å²) in [5, 5.41) is 6.64. The van der Waals surface area contributed by atoms with Gasteiger partial charge in [-0.2, -0.15) is 5.10 Å². The molecule has 0 unspecified atom stereocenters. The van der Waals surface area contributed by atoms with Crippen LogP contribution in [0.1, 0.15) is 20.8 Å². The zero-order valence-corrected chi connectivity index (χ0v) is 8.99. The summed E-state index contributed by atoms with van der Waals surface area (Å²) in [5.74, 6) is 0. The zero-order chi connectivity index (χ0) is 10.2. The third kappa shape index (κ3) is 1.52. The Kier molecular flexibility index (Phi) is 2.06. The van der Waals surface area contributed by atoms with Crippen LogP contribution in [-0.2, 0) is 0 Å². The molecule has 0 aliphatic carbocycles. The smallest absolute Gasteiger partial charge is 0.0594 e. The number of hydrazone groups is 1. The Morgan fingerprint density at radius 3 is 2.36 bits per heavy atom. The Bertz CT molecular complexity index is 352. The van der Waals surface area contributed by atoms with E-state index in [0.717, 1.165) is 6.54 Å². The van der Waals surface area contributed by atoms with Gasteiger partial charge in [0.25, 0.3) is 0 Å². The predicted molar refractivity (Wildman–Crippen MR) is 60.7 cm³/mol. The van der Waals surface area contributed by atoms with Gasteiger partial charge in [0.05, 0.1) is 12.2 Å². The monoisotopic (exact) mass is 188 g/mol. The molecule has 14 heavy (non-hydrogen) atoms. The van der Waals surface area contributed by atoms with Crippen LogP contribution in [0.4, 0.5) is 5.69 Å². The Labute approximate surface area is 85.2 Å². The van der Waals surface area contributed by atoms with E-state index in [0.29, 0.717) is 0 Å². The second-order valence-corrected chi connectivity index (χ2v) is 4.46. The fourth-order valence-electron chi connectivity index (χ4n) is 1.59. The third-order valence-electron chi connectivity index (χ3n) is 2.85. The van der Waals surface area contributed by atoms with Gasteiger partial charge in [0.15, 0.2) is 0 Å². The molecule has 0 saturated carbocycles. The normalized spacial score (nSPS) is 19.6. The van der Waals surface area contributed by atoms with E-state index in [1.54, 1.807) is 0 Å². The van der Waals surface area contributed by atoms with Crippen LogP contribution in [0.25, 0.3) is 0 Å². The van der Waals surface area contributed by atoms with Crippen molar-refractivity contribution >= 4 is 11.4 Å². The van der Waals surface area contributed by atoms with Crippen molar-refractivity contribution in [1.82, 2.24) is 0 Å². The van der Waals surface area contributed by atoms with E-state index in [2.05, 4.69) is 43.0 Å². The second-order valence-electron chi connectivity index (χ2n) is 4.46. The van der Waals surface area contributed by atoms with Gasteiger partial charge in [-0.15, -0.1) is 0 Å². The molecule has 2 rings (SSSR count). The van der Waals surface area contributed by atoms with Crippen molar-refractivity contribution in [2.75, 3.05) is 11.6 Å². The van der Waals surface area contributed by atoms with Gasteiger partial charge in [0.2, 0.25) is 0 Å². The Hall–Kier alpha value is -1.31. The highest BCUT2D eigenvalue weighted by atomic mass is 15.5. The highest BCUT2D eigenvalue weighted by Gasteiger charge is 2.31. The number of hydrogen-bond donors (Lipinski definition) is 0. The molecule has 0 atom stereocenters. The summed E-state index contributed by atoms with van der Waals surface area (Å²) >= 11 is 0. The van der Waals surface area contributed by atoms with Crippen LogP contribution >= 0.6 is 0 Å². The van der Waals surface area contributed by atoms with Crippen LogP contribution < -0.4 is 5.01 Å². The van der Waals surface area contributed by atoms with Crippen molar-refractivity contribution in [2.45, 2.75) is 20.8 Å². The van der Waals surface area contributed by atoms with Gasteiger partial charge in [0.1, 0.15) is 0 Å². The van der Waals surface area contributed by atoms with E-state index in [4.69, 9.17) is 0 Å². The number of rotatable bonds is 1. The lowest BCUT2D eigenvalue weighted by atomic mass is 9.89. The molecule has 0 amide bonds. The van der Waals surface area contributed by atoms with Crippen molar-refractivity contribution < 1.29 is 0 Å². The van der Waals surface area contributed by atoms with E-state index >= 15 is 0 Å². The van der Waals surface area contributed by atoms with Gasteiger partial charge in [0, 0.05) is 11.1 Å². The van der Waals surface area contributed by atoms with Crippen molar-refractivity contribution in [3.05, 3.63) is 30.3 Å². The summed E-state index contributed by atoms with van der Waals surface area (Å²) in [6.45, 7) is 7.54. The summed E-state index contributed by atoms with van der Waals surface area (Å²) in [7, 11) is 0. The molecule has 0 radical (unpaired) electrons. The molecule has 0 bridgehead atoms. The molecule has 74 valence electrons. The zero-order valence-electron chi connectivity index (χ0n) is 8.99. The molecule has 0 N–H and O–H groups in total. The van der Waals surface area contributed by atoms with Crippen LogP contribution in [0.15, 0.2) is 35.4 Å². The molecule has 0 saturated heterocycles. The molecule has 1 aliphatic heterocycles. The predicted octanol–water partition coefficient (Wildman–Crippen LogP) is 2.91. The van der Waals surface area contributed by atoms with E-state index in [1.165, 1.54) is 11.4 Å². The first-order valence-electron chi connectivity index (χ1n) is 4.98. The number of para-hydroxylation sites is 1. The average Bonchev–Trinajstić information content (AvgIpc) is 2.43. The molecule has 2 nitrogen and oxygen atoms in total. The fraction of sp³-hybridized carbons (Fsp3) is 0.417. The molecule has 0 fully saturated rings. The molecule has 1 aliphatic rings. The lowest BCUT2D eigenvalue weighted by molar-refractivity contribution is 0.550.